The largest absolute Gasteiger partial charge is 0.472 e. The average Bonchev–Trinajstić information content (AvgIpc) is 3.38. The Bertz CT molecular complexity index is 1580. The molecule has 0 fully saturated rings. The molecule has 3 atom stereocenters. The summed E-state index contributed by atoms with van der Waals surface area (Å²) in [5, 5.41) is 3.05. The standard InChI is InChI=1S/C66H119N2O7P/c1-7-10-13-16-19-22-25-28-29-30-31-32-33-34-35-36-37-38-39-41-43-46-49-52-55-58-65(69)67-63(62-74-76(71,72)73-61-60-68(4,5)6)64(57-54-51-48-45-42-27-24-21-18-15-12-9-3)75-66(70)59-56-53-50-47-44-40-26-23-20-17-14-11-8-2/h10,13,19,22,28-29,31-32,34-35,40,44,54,57,63-64H,7-9,11-12,14-18,20-21,23-27,30,33,36-39,41-43,45-53,55-56,58-62H2,1-6H3,(H-,67,69,71,72)/p+1/b13-10-,22-19-,29-28-,32-31-,35-34-,44-40-,57-54-. The third-order valence-electron chi connectivity index (χ3n) is 13.6. The Morgan fingerprint density at radius 2 is 0.842 bits per heavy atom. The highest BCUT2D eigenvalue weighted by Gasteiger charge is 2.30. The van der Waals surface area contributed by atoms with Crippen LogP contribution in [0.1, 0.15) is 271 Å². The van der Waals surface area contributed by atoms with E-state index in [1.165, 1.54) is 122 Å². The van der Waals surface area contributed by atoms with Crippen LogP contribution in [0.4, 0.5) is 0 Å². The van der Waals surface area contributed by atoms with Crippen molar-refractivity contribution in [3.8, 4) is 0 Å². The van der Waals surface area contributed by atoms with E-state index in [2.05, 4.69) is 99.0 Å². The lowest BCUT2D eigenvalue weighted by Gasteiger charge is -2.27. The van der Waals surface area contributed by atoms with E-state index < -0.39 is 20.0 Å². The number of carbonyl (C=O) groups is 2. The van der Waals surface area contributed by atoms with Crippen molar-refractivity contribution in [3.63, 3.8) is 0 Å². The fourth-order valence-corrected chi connectivity index (χ4v) is 9.46. The summed E-state index contributed by atoms with van der Waals surface area (Å²) in [5.74, 6) is -0.531. The maximum atomic E-state index is 13.5. The molecular formula is C66H120N2O7P+. The van der Waals surface area contributed by atoms with Crippen molar-refractivity contribution < 1.29 is 37.3 Å². The number of hydrogen-bond donors (Lipinski definition) is 2. The molecule has 0 aliphatic carbocycles. The van der Waals surface area contributed by atoms with E-state index in [0.29, 0.717) is 23.9 Å². The molecule has 0 radical (unpaired) electrons. The molecule has 0 saturated heterocycles. The highest BCUT2D eigenvalue weighted by atomic mass is 31.2. The summed E-state index contributed by atoms with van der Waals surface area (Å²) < 4.78 is 30.7. The van der Waals surface area contributed by atoms with E-state index in [1.807, 2.05) is 33.3 Å². The fourth-order valence-electron chi connectivity index (χ4n) is 8.73. The first-order valence-electron chi connectivity index (χ1n) is 31.4. The van der Waals surface area contributed by atoms with E-state index >= 15 is 0 Å². The lowest BCUT2D eigenvalue weighted by atomic mass is 10.0. The number of esters is 1. The maximum Gasteiger partial charge on any atom is 0.472 e. The fraction of sp³-hybridized carbons (Fsp3) is 0.758. The van der Waals surface area contributed by atoms with Gasteiger partial charge in [-0.25, -0.2) is 4.57 Å². The number of hydrogen-bond acceptors (Lipinski definition) is 6. The van der Waals surface area contributed by atoms with Gasteiger partial charge in [-0.15, -0.1) is 0 Å². The topological polar surface area (TPSA) is 111 Å². The monoisotopic (exact) mass is 1080 g/mol. The third-order valence-corrected chi connectivity index (χ3v) is 14.6. The van der Waals surface area contributed by atoms with Gasteiger partial charge in [0.05, 0.1) is 33.8 Å². The molecule has 0 aliphatic heterocycles. The van der Waals surface area contributed by atoms with Crippen LogP contribution in [-0.4, -0.2) is 74.3 Å². The Hall–Kier alpha value is -2.81. The minimum absolute atomic E-state index is 0.0339. The van der Waals surface area contributed by atoms with Gasteiger partial charge in [-0.05, 0) is 102 Å². The number of amides is 1. The van der Waals surface area contributed by atoms with E-state index in [4.69, 9.17) is 13.8 Å². The zero-order valence-corrected chi connectivity index (χ0v) is 51.1. The third kappa shape index (κ3) is 55.9. The Labute approximate surface area is 469 Å². The van der Waals surface area contributed by atoms with Crippen LogP contribution >= 0.6 is 7.82 Å². The summed E-state index contributed by atoms with van der Waals surface area (Å²) in [7, 11) is 1.48. The van der Waals surface area contributed by atoms with Gasteiger partial charge in [0.2, 0.25) is 5.91 Å². The second-order valence-corrected chi connectivity index (χ2v) is 23.6. The number of ether oxygens (including phenoxy) is 1. The molecule has 0 saturated carbocycles. The first kappa shape index (κ1) is 73.2. The van der Waals surface area contributed by atoms with E-state index in [9.17, 15) is 19.0 Å². The van der Waals surface area contributed by atoms with Crippen LogP contribution in [-0.2, 0) is 27.9 Å². The van der Waals surface area contributed by atoms with Crippen LogP contribution in [0.25, 0.3) is 0 Å². The number of phosphoric acid groups is 1. The zero-order valence-electron chi connectivity index (χ0n) is 50.2. The molecule has 76 heavy (non-hydrogen) atoms. The van der Waals surface area contributed by atoms with Crippen LogP contribution < -0.4 is 5.32 Å². The summed E-state index contributed by atoms with van der Waals surface area (Å²) in [6.45, 7) is 6.88. The number of rotatable bonds is 56. The van der Waals surface area contributed by atoms with Crippen molar-refractivity contribution in [3.05, 3.63) is 85.1 Å². The Kier molecular flexibility index (Phi) is 53.5. The van der Waals surface area contributed by atoms with Gasteiger partial charge in [0.25, 0.3) is 0 Å². The van der Waals surface area contributed by atoms with Crippen LogP contribution in [0.3, 0.4) is 0 Å². The number of nitrogens with zero attached hydrogens (tertiary/aromatic N) is 1. The molecule has 1 amide bonds. The van der Waals surface area contributed by atoms with Gasteiger partial charge in [0.15, 0.2) is 0 Å². The van der Waals surface area contributed by atoms with Gasteiger partial charge in [0.1, 0.15) is 19.3 Å². The van der Waals surface area contributed by atoms with Crippen LogP contribution in [0.2, 0.25) is 0 Å². The lowest BCUT2D eigenvalue weighted by molar-refractivity contribution is -0.870. The summed E-state index contributed by atoms with van der Waals surface area (Å²) in [6, 6.07) is -0.861. The number of nitrogens with one attached hydrogen (secondary N) is 1. The zero-order chi connectivity index (χ0) is 55.7. The predicted octanol–water partition coefficient (Wildman–Crippen LogP) is 19.4. The molecule has 440 valence electrons. The van der Waals surface area contributed by atoms with Gasteiger partial charge in [-0.1, -0.05) is 241 Å². The smallest absolute Gasteiger partial charge is 0.456 e. The summed E-state index contributed by atoms with van der Waals surface area (Å²) >= 11 is 0. The highest BCUT2D eigenvalue weighted by molar-refractivity contribution is 7.47. The SMILES string of the molecule is CC/C=C\C/C=C\C/C=C\C/C=C\C/C=C\CCCCCCCCCCCC(=O)NC(COP(=O)(O)OCC[N+](C)(C)C)C(/C=C\CCCCCCCCCCCC)OC(=O)CCCCC/C=C\CCCCCCCC. The molecule has 0 aromatic carbocycles. The Morgan fingerprint density at radius 3 is 1.29 bits per heavy atom. The first-order chi connectivity index (χ1) is 36.9. The van der Waals surface area contributed by atoms with Gasteiger partial charge in [-0.3, -0.25) is 18.6 Å². The molecule has 10 heteroatoms. The van der Waals surface area contributed by atoms with Crippen LogP contribution in [0, 0.1) is 0 Å². The number of allylic oxidation sites excluding steroid dienone is 13. The van der Waals surface area contributed by atoms with Crippen molar-refractivity contribution in [2.75, 3.05) is 40.9 Å². The molecule has 0 aliphatic rings. The molecule has 0 aromatic heterocycles. The minimum atomic E-state index is -4.45. The van der Waals surface area contributed by atoms with Crippen molar-refractivity contribution >= 4 is 19.7 Å². The van der Waals surface area contributed by atoms with Crippen molar-refractivity contribution in [1.29, 1.82) is 0 Å². The molecular weight excluding hydrogens is 964 g/mol. The molecule has 0 spiro atoms. The molecule has 0 bridgehead atoms. The van der Waals surface area contributed by atoms with E-state index in [0.717, 1.165) is 109 Å². The summed E-state index contributed by atoms with van der Waals surface area (Å²) in [5.41, 5.74) is 0. The van der Waals surface area contributed by atoms with Gasteiger partial charge >= 0.3 is 13.8 Å². The van der Waals surface area contributed by atoms with Crippen molar-refractivity contribution in [2.45, 2.75) is 283 Å². The number of likely N-dealkylation sites (N-methyl/N-ethyl adjacent to an activating group) is 1. The normalized spacial score (nSPS) is 14.2. The Balaban J connectivity index is 5.16. The average molecular weight is 1080 g/mol. The van der Waals surface area contributed by atoms with E-state index in [1.54, 1.807) is 0 Å². The second kappa shape index (κ2) is 55.5. The second-order valence-electron chi connectivity index (χ2n) is 22.2. The molecule has 2 N–H and O–H groups in total. The molecule has 0 aromatic rings. The van der Waals surface area contributed by atoms with Crippen molar-refractivity contribution in [2.24, 2.45) is 0 Å². The number of quaternary nitrogens is 1. The molecule has 0 rings (SSSR count). The van der Waals surface area contributed by atoms with E-state index in [-0.39, 0.29) is 31.5 Å². The lowest BCUT2D eigenvalue weighted by Crippen LogP contribution is -2.47. The minimum Gasteiger partial charge on any atom is -0.456 e. The molecule has 9 nitrogen and oxygen atoms in total. The molecule has 3 unspecified atom stereocenters. The maximum absolute atomic E-state index is 13.5. The van der Waals surface area contributed by atoms with Crippen LogP contribution in [0.15, 0.2) is 85.1 Å². The molecule has 0 heterocycles. The van der Waals surface area contributed by atoms with Gasteiger partial charge < -0.3 is 19.4 Å². The first-order valence-corrected chi connectivity index (χ1v) is 32.9. The Morgan fingerprint density at radius 1 is 0.474 bits per heavy atom. The summed E-state index contributed by atoms with van der Waals surface area (Å²) in [4.78, 5) is 37.7. The van der Waals surface area contributed by atoms with Gasteiger partial charge in [-0.2, -0.15) is 0 Å². The number of unbranched alkanes of at least 4 members (excludes halogenated alkanes) is 28. The summed E-state index contributed by atoms with van der Waals surface area (Å²) in [6.07, 6.45) is 73.0. The predicted molar refractivity (Wildman–Crippen MR) is 328 cm³/mol. The number of phosphoric ester groups is 1. The van der Waals surface area contributed by atoms with Crippen LogP contribution in [0.5, 0.6) is 0 Å². The quantitative estimate of drug-likeness (QED) is 0.0205. The van der Waals surface area contributed by atoms with Crippen molar-refractivity contribution in [1.82, 2.24) is 5.32 Å². The number of carbonyl (C=O) groups excluding carboxylic acids is 2. The van der Waals surface area contributed by atoms with Gasteiger partial charge in [0, 0.05) is 12.8 Å². The highest BCUT2D eigenvalue weighted by Crippen LogP contribution is 2.43.